The average molecular weight is 347 g/mol. The Bertz CT molecular complexity index is 523. The van der Waals surface area contributed by atoms with Gasteiger partial charge in [0.1, 0.15) is 11.4 Å². The highest BCUT2D eigenvalue weighted by molar-refractivity contribution is 14.1. The summed E-state index contributed by atoms with van der Waals surface area (Å²) < 4.78 is 6.01. The summed E-state index contributed by atoms with van der Waals surface area (Å²) in [4.78, 5) is 8.85. The van der Waals surface area contributed by atoms with Crippen LogP contribution in [0.15, 0.2) is 23.0 Å². The molecule has 1 saturated carbocycles. The van der Waals surface area contributed by atoms with Crippen LogP contribution in [0.5, 0.6) is 0 Å². The molecule has 0 bridgehead atoms. The number of halogens is 2. The van der Waals surface area contributed by atoms with Gasteiger partial charge < -0.3 is 4.42 Å². The maximum absolute atomic E-state index is 6.12. The predicted octanol–water partition coefficient (Wildman–Crippen LogP) is 3.87. The van der Waals surface area contributed by atoms with Gasteiger partial charge in [-0.2, -0.15) is 0 Å². The van der Waals surface area contributed by atoms with E-state index in [-0.39, 0.29) is 0 Å². The second-order valence-electron chi connectivity index (χ2n) is 3.82. The number of hydrogen-bond donors (Lipinski definition) is 0. The van der Waals surface area contributed by atoms with Crippen molar-refractivity contribution in [3.8, 4) is 11.4 Å². The molecule has 2 heterocycles. The molecule has 16 heavy (non-hydrogen) atoms. The van der Waals surface area contributed by atoms with Crippen LogP contribution in [0.4, 0.5) is 0 Å². The summed E-state index contributed by atoms with van der Waals surface area (Å²) in [6.07, 6.45) is 5.65. The first kappa shape index (κ1) is 10.5. The fraction of sp³-hybridized carbons (Fsp3) is 0.273. The molecule has 0 radical (unpaired) electrons. The second kappa shape index (κ2) is 4.00. The highest BCUT2D eigenvalue weighted by Gasteiger charge is 2.29. The van der Waals surface area contributed by atoms with E-state index in [1.54, 1.807) is 12.5 Å². The fourth-order valence-electron chi connectivity index (χ4n) is 1.58. The Balaban J connectivity index is 2.13. The Kier molecular flexibility index (Phi) is 2.63. The van der Waals surface area contributed by atoms with Crippen molar-refractivity contribution < 1.29 is 4.42 Å². The van der Waals surface area contributed by atoms with E-state index in [0.717, 1.165) is 14.8 Å². The predicted molar refractivity (Wildman–Crippen MR) is 69.4 cm³/mol. The summed E-state index contributed by atoms with van der Waals surface area (Å²) in [5.74, 6) is 1.22. The minimum Gasteiger partial charge on any atom is -0.472 e. The highest BCUT2D eigenvalue weighted by atomic mass is 127. The lowest BCUT2D eigenvalue weighted by Crippen LogP contribution is -1.98. The summed E-state index contributed by atoms with van der Waals surface area (Å²) in [5, 5.41) is 0.536. The molecule has 1 fully saturated rings. The molecule has 0 aliphatic heterocycles. The van der Waals surface area contributed by atoms with Crippen molar-refractivity contribution in [2.45, 2.75) is 18.8 Å². The molecule has 0 N–H and O–H groups in total. The van der Waals surface area contributed by atoms with Crippen molar-refractivity contribution in [1.82, 2.24) is 9.97 Å². The van der Waals surface area contributed by atoms with Crippen LogP contribution in [0.2, 0.25) is 5.15 Å². The van der Waals surface area contributed by atoms with Crippen LogP contribution >= 0.6 is 34.2 Å². The molecule has 2 aromatic rings. The van der Waals surface area contributed by atoms with Gasteiger partial charge in [-0.1, -0.05) is 11.6 Å². The van der Waals surface area contributed by atoms with Crippen molar-refractivity contribution in [3.05, 3.63) is 33.0 Å². The first-order valence-corrected chi connectivity index (χ1v) is 6.47. The third kappa shape index (κ3) is 1.84. The van der Waals surface area contributed by atoms with Crippen molar-refractivity contribution >= 4 is 34.2 Å². The molecular formula is C11H8ClIN2O. The Morgan fingerprint density at radius 3 is 2.81 bits per heavy atom. The van der Waals surface area contributed by atoms with Gasteiger partial charge in [0.25, 0.3) is 0 Å². The maximum atomic E-state index is 6.12. The molecule has 0 unspecified atom stereocenters. The quantitative estimate of drug-likeness (QED) is 0.612. The Morgan fingerprint density at radius 2 is 2.19 bits per heavy atom. The Labute approximate surface area is 111 Å². The molecule has 1 aliphatic carbocycles. The zero-order chi connectivity index (χ0) is 11.1. The van der Waals surface area contributed by atoms with Gasteiger partial charge in [-0.3, -0.25) is 0 Å². The van der Waals surface area contributed by atoms with E-state index >= 15 is 0 Å². The van der Waals surface area contributed by atoms with Crippen molar-refractivity contribution in [2.75, 3.05) is 0 Å². The third-order valence-corrected chi connectivity index (χ3v) is 4.24. The third-order valence-electron chi connectivity index (χ3n) is 2.58. The van der Waals surface area contributed by atoms with Gasteiger partial charge in [0.2, 0.25) is 0 Å². The van der Waals surface area contributed by atoms with Gasteiger partial charge in [0.05, 0.1) is 21.1 Å². The van der Waals surface area contributed by atoms with Crippen LogP contribution in [0, 0.1) is 3.57 Å². The second-order valence-corrected chi connectivity index (χ2v) is 5.26. The average Bonchev–Trinajstić information content (AvgIpc) is 2.96. The zero-order valence-corrected chi connectivity index (χ0v) is 11.2. The van der Waals surface area contributed by atoms with Crippen molar-refractivity contribution in [3.63, 3.8) is 0 Å². The number of aromatic nitrogens is 2. The molecule has 0 amide bonds. The van der Waals surface area contributed by atoms with E-state index in [4.69, 9.17) is 16.0 Å². The van der Waals surface area contributed by atoms with E-state index in [9.17, 15) is 0 Å². The van der Waals surface area contributed by atoms with Crippen LogP contribution in [-0.4, -0.2) is 9.97 Å². The Hall–Kier alpha value is -0.620. The number of rotatable bonds is 2. The van der Waals surface area contributed by atoms with Gasteiger partial charge >= 0.3 is 0 Å². The minimum absolute atomic E-state index is 0.536. The largest absolute Gasteiger partial charge is 0.472 e. The van der Waals surface area contributed by atoms with Crippen LogP contribution in [0.1, 0.15) is 24.5 Å². The SMILES string of the molecule is Clc1nc(-c2ccoc2)nc(C2CC2)c1I. The van der Waals surface area contributed by atoms with E-state index in [1.807, 2.05) is 6.07 Å². The molecule has 3 nitrogen and oxygen atoms in total. The molecule has 3 rings (SSSR count). The summed E-state index contributed by atoms with van der Waals surface area (Å²) in [7, 11) is 0. The van der Waals surface area contributed by atoms with Crippen LogP contribution < -0.4 is 0 Å². The Morgan fingerprint density at radius 1 is 1.38 bits per heavy atom. The van der Waals surface area contributed by atoms with Gasteiger partial charge in [-0.05, 0) is 41.5 Å². The van der Waals surface area contributed by atoms with E-state index in [1.165, 1.54) is 12.8 Å². The molecule has 2 aromatic heterocycles. The molecular weight excluding hydrogens is 338 g/mol. The number of hydrogen-bond acceptors (Lipinski definition) is 3. The minimum atomic E-state index is 0.536. The fourth-order valence-corrected chi connectivity index (χ4v) is 2.44. The van der Waals surface area contributed by atoms with Gasteiger partial charge in [0, 0.05) is 5.92 Å². The van der Waals surface area contributed by atoms with E-state index in [0.29, 0.717) is 16.9 Å². The number of furan rings is 1. The van der Waals surface area contributed by atoms with Crippen molar-refractivity contribution in [2.24, 2.45) is 0 Å². The standard InChI is InChI=1S/C11H8ClIN2O/c12-10-8(13)9(6-1-2-6)14-11(15-10)7-3-4-16-5-7/h3-6H,1-2H2. The summed E-state index contributed by atoms with van der Waals surface area (Å²) in [6, 6.07) is 1.84. The molecule has 0 aromatic carbocycles. The van der Waals surface area contributed by atoms with Crippen LogP contribution in [0.3, 0.4) is 0 Å². The first-order chi connectivity index (χ1) is 7.75. The first-order valence-electron chi connectivity index (χ1n) is 5.01. The molecule has 0 atom stereocenters. The van der Waals surface area contributed by atoms with Crippen LogP contribution in [0.25, 0.3) is 11.4 Å². The lowest BCUT2D eigenvalue weighted by Gasteiger charge is -2.05. The molecule has 0 saturated heterocycles. The van der Waals surface area contributed by atoms with Crippen molar-refractivity contribution in [1.29, 1.82) is 0 Å². The molecule has 5 heteroatoms. The van der Waals surface area contributed by atoms with E-state index in [2.05, 4.69) is 32.6 Å². The van der Waals surface area contributed by atoms with Crippen LogP contribution in [-0.2, 0) is 0 Å². The zero-order valence-electron chi connectivity index (χ0n) is 8.28. The topological polar surface area (TPSA) is 38.9 Å². The molecule has 82 valence electrons. The smallest absolute Gasteiger partial charge is 0.164 e. The lowest BCUT2D eigenvalue weighted by atomic mass is 10.2. The highest BCUT2D eigenvalue weighted by Crippen LogP contribution is 2.42. The van der Waals surface area contributed by atoms with Gasteiger partial charge in [-0.15, -0.1) is 0 Å². The van der Waals surface area contributed by atoms with E-state index < -0.39 is 0 Å². The molecule has 0 spiro atoms. The summed E-state index contributed by atoms with van der Waals surface area (Å²) >= 11 is 8.33. The van der Waals surface area contributed by atoms with Gasteiger partial charge in [-0.25, -0.2) is 9.97 Å². The monoisotopic (exact) mass is 346 g/mol. The molecule has 1 aliphatic rings. The lowest BCUT2D eigenvalue weighted by molar-refractivity contribution is 0.568. The number of nitrogens with zero attached hydrogens (tertiary/aromatic N) is 2. The summed E-state index contributed by atoms with van der Waals surface area (Å²) in [5.41, 5.74) is 1.96. The normalized spacial score (nSPS) is 15.4. The van der Waals surface area contributed by atoms with Gasteiger partial charge in [0.15, 0.2) is 5.82 Å². The summed E-state index contributed by atoms with van der Waals surface area (Å²) in [6.45, 7) is 0. The maximum Gasteiger partial charge on any atom is 0.164 e.